The number of nitro benzene ring substituents is 1. The molecule has 0 heterocycles. The molecule has 0 aromatic heterocycles. The molecular weight excluding hydrogens is 251 g/mol. The Morgan fingerprint density at radius 3 is 2.56 bits per heavy atom. The van der Waals surface area contributed by atoms with Crippen molar-refractivity contribution in [1.29, 1.82) is 0 Å². The fourth-order valence-electron chi connectivity index (χ4n) is 1.23. The lowest BCUT2D eigenvalue weighted by Crippen LogP contribution is -2.18. The second kappa shape index (κ2) is 5.07. The number of alkyl halides is 3. The number of rotatable bonds is 4. The fourth-order valence-corrected chi connectivity index (χ4v) is 1.23. The summed E-state index contributed by atoms with van der Waals surface area (Å²) >= 11 is 0. The largest absolute Gasteiger partial charge is 0.573 e. The van der Waals surface area contributed by atoms with Crippen LogP contribution in [-0.4, -0.2) is 11.3 Å². The van der Waals surface area contributed by atoms with Crippen LogP contribution < -0.4 is 4.74 Å². The number of nitro groups is 1. The van der Waals surface area contributed by atoms with Crippen LogP contribution in [0.3, 0.4) is 0 Å². The van der Waals surface area contributed by atoms with E-state index in [0.29, 0.717) is 11.5 Å². The van der Waals surface area contributed by atoms with Crippen molar-refractivity contribution >= 4 is 5.69 Å². The van der Waals surface area contributed by atoms with Crippen molar-refractivity contribution in [1.82, 2.24) is 0 Å². The van der Waals surface area contributed by atoms with Crippen molar-refractivity contribution in [2.75, 3.05) is 0 Å². The number of benzene rings is 1. The van der Waals surface area contributed by atoms with E-state index in [-0.39, 0.29) is 0 Å². The van der Waals surface area contributed by atoms with E-state index < -0.39 is 22.7 Å². The van der Waals surface area contributed by atoms with Gasteiger partial charge in [-0.2, -0.15) is 0 Å². The zero-order chi connectivity index (χ0) is 13.9. The predicted octanol–water partition coefficient (Wildman–Crippen LogP) is 3.62. The highest BCUT2D eigenvalue weighted by atomic mass is 19.4. The van der Waals surface area contributed by atoms with Crippen LogP contribution in [0.5, 0.6) is 5.75 Å². The van der Waals surface area contributed by atoms with Gasteiger partial charge in [-0.05, 0) is 11.6 Å². The van der Waals surface area contributed by atoms with Gasteiger partial charge in [0.15, 0.2) is 0 Å². The van der Waals surface area contributed by atoms with E-state index in [0.717, 1.165) is 12.1 Å². The Morgan fingerprint density at radius 2 is 2.11 bits per heavy atom. The van der Waals surface area contributed by atoms with Crippen molar-refractivity contribution in [3.8, 4) is 5.75 Å². The quantitative estimate of drug-likeness (QED) is 0.613. The highest BCUT2D eigenvalue weighted by Crippen LogP contribution is 2.34. The van der Waals surface area contributed by atoms with Crippen molar-refractivity contribution in [3.05, 3.63) is 52.4 Å². The molecule has 1 aromatic rings. The summed E-state index contributed by atoms with van der Waals surface area (Å²) < 4.78 is 39.7. The second-order valence-corrected chi connectivity index (χ2v) is 3.37. The Bertz CT molecular complexity index is 471. The van der Waals surface area contributed by atoms with Crippen molar-refractivity contribution in [3.63, 3.8) is 0 Å². The molecule has 18 heavy (non-hydrogen) atoms. The minimum Gasteiger partial charge on any atom is -0.398 e. The molecule has 0 aliphatic heterocycles. The summed E-state index contributed by atoms with van der Waals surface area (Å²) in [5.41, 5.74) is -0.336. The summed E-state index contributed by atoms with van der Waals surface area (Å²) in [7, 11) is 0. The van der Waals surface area contributed by atoms with E-state index in [1.54, 1.807) is 6.92 Å². The molecule has 0 bridgehead atoms. The molecule has 0 saturated carbocycles. The number of halogens is 3. The molecule has 4 nitrogen and oxygen atoms in total. The third kappa shape index (κ3) is 3.47. The number of nitrogens with zero attached hydrogens (tertiary/aromatic N) is 1. The Labute approximate surface area is 101 Å². The molecule has 1 aromatic carbocycles. The van der Waals surface area contributed by atoms with E-state index in [1.807, 2.05) is 0 Å². The molecule has 7 heteroatoms. The van der Waals surface area contributed by atoms with E-state index in [9.17, 15) is 23.3 Å². The average molecular weight is 260 g/mol. The van der Waals surface area contributed by atoms with Crippen LogP contribution >= 0.6 is 0 Å². The highest BCUT2D eigenvalue weighted by molar-refractivity contribution is 5.52. The number of allylic oxidation sites excluding steroid dienone is 1. The Morgan fingerprint density at radius 1 is 1.50 bits per heavy atom. The van der Waals surface area contributed by atoms with E-state index in [2.05, 4.69) is 11.3 Å². The summed E-state index contributed by atoms with van der Waals surface area (Å²) in [6.07, 6.45) is -3.52. The first-order chi connectivity index (χ1) is 8.24. The monoisotopic (exact) mass is 260 g/mol. The number of hydrogen-bond donors (Lipinski definition) is 0. The number of hydrogen-bond acceptors (Lipinski definition) is 3. The summed E-state index contributed by atoms with van der Waals surface area (Å²) in [5.74, 6) is -0.232. The lowest BCUT2D eigenvalue weighted by molar-refractivity contribution is -0.388. The molecule has 0 aliphatic carbocycles. The maximum Gasteiger partial charge on any atom is 0.573 e. The Hall–Kier alpha value is -2.05. The van der Waals surface area contributed by atoms with Gasteiger partial charge in [0, 0.05) is 12.0 Å². The van der Waals surface area contributed by atoms with Gasteiger partial charge in [-0.15, -0.1) is 19.8 Å². The molecular formula is C11H9F3NO3. The number of ether oxygens (including phenoxy) is 1. The first kappa shape index (κ1) is 14.0. The van der Waals surface area contributed by atoms with E-state index in [4.69, 9.17) is 0 Å². The van der Waals surface area contributed by atoms with Gasteiger partial charge in [-0.3, -0.25) is 10.1 Å². The molecule has 0 fully saturated rings. The van der Waals surface area contributed by atoms with Gasteiger partial charge in [0.25, 0.3) is 0 Å². The lowest BCUT2D eigenvalue weighted by Gasteiger charge is -2.11. The Balaban J connectivity index is 3.21. The van der Waals surface area contributed by atoms with Gasteiger partial charge in [-0.25, -0.2) is 0 Å². The average Bonchev–Trinajstić information content (AvgIpc) is 2.26. The molecule has 97 valence electrons. The van der Waals surface area contributed by atoms with Crippen LogP contribution in [0.1, 0.15) is 12.5 Å². The minimum absolute atomic E-state index is 0.409. The first-order valence-corrected chi connectivity index (χ1v) is 4.75. The zero-order valence-electron chi connectivity index (χ0n) is 9.32. The maximum atomic E-state index is 12.0. The first-order valence-electron chi connectivity index (χ1n) is 4.75. The van der Waals surface area contributed by atoms with Crippen LogP contribution in [0.4, 0.5) is 18.9 Å². The SMILES string of the molecule is C=C[C](C)c1ccc(OC(F)(F)F)c([N+](=O)[O-])c1. The topological polar surface area (TPSA) is 52.4 Å². The van der Waals surface area contributed by atoms with Gasteiger partial charge >= 0.3 is 12.0 Å². The van der Waals surface area contributed by atoms with Crippen LogP contribution in [0, 0.1) is 16.0 Å². The molecule has 0 spiro atoms. The minimum atomic E-state index is -4.97. The van der Waals surface area contributed by atoms with Gasteiger partial charge in [0.1, 0.15) is 0 Å². The fraction of sp³-hybridized carbons (Fsp3) is 0.182. The third-order valence-corrected chi connectivity index (χ3v) is 2.14. The van der Waals surface area contributed by atoms with Gasteiger partial charge in [0.2, 0.25) is 5.75 Å². The Kier molecular flexibility index (Phi) is 3.95. The van der Waals surface area contributed by atoms with Gasteiger partial charge in [-0.1, -0.05) is 19.1 Å². The molecule has 0 saturated heterocycles. The van der Waals surface area contributed by atoms with Crippen molar-refractivity contribution in [2.45, 2.75) is 13.3 Å². The molecule has 1 rings (SSSR count). The van der Waals surface area contributed by atoms with Crippen LogP contribution in [0.2, 0.25) is 0 Å². The zero-order valence-corrected chi connectivity index (χ0v) is 9.32. The normalized spacial score (nSPS) is 11.4. The molecule has 0 unspecified atom stereocenters. The van der Waals surface area contributed by atoms with Crippen molar-refractivity contribution in [2.24, 2.45) is 0 Å². The summed E-state index contributed by atoms with van der Waals surface area (Å²) in [5, 5.41) is 10.7. The smallest absolute Gasteiger partial charge is 0.398 e. The molecule has 0 aliphatic rings. The standard InChI is InChI=1S/C11H9F3NO3/c1-3-7(2)8-4-5-10(18-11(12,13)14)9(6-8)15(16)17/h3-6H,1H2,2H3. The third-order valence-electron chi connectivity index (χ3n) is 2.14. The second-order valence-electron chi connectivity index (χ2n) is 3.37. The molecule has 0 atom stereocenters. The summed E-state index contributed by atoms with van der Waals surface area (Å²) in [4.78, 5) is 9.76. The molecule has 0 N–H and O–H groups in total. The van der Waals surface area contributed by atoms with Gasteiger partial charge in [0.05, 0.1) is 4.92 Å². The highest BCUT2D eigenvalue weighted by Gasteiger charge is 2.34. The van der Waals surface area contributed by atoms with Crippen LogP contribution in [-0.2, 0) is 0 Å². The van der Waals surface area contributed by atoms with Gasteiger partial charge < -0.3 is 4.74 Å². The van der Waals surface area contributed by atoms with Crippen LogP contribution in [0.25, 0.3) is 0 Å². The molecule has 0 amide bonds. The van der Waals surface area contributed by atoms with E-state index in [1.165, 1.54) is 12.1 Å². The lowest BCUT2D eigenvalue weighted by atomic mass is 10.0. The summed E-state index contributed by atoms with van der Waals surface area (Å²) in [6, 6.07) is 3.22. The predicted molar refractivity (Wildman–Crippen MR) is 58.0 cm³/mol. The van der Waals surface area contributed by atoms with E-state index >= 15 is 0 Å². The van der Waals surface area contributed by atoms with Crippen molar-refractivity contribution < 1.29 is 22.8 Å². The maximum absolute atomic E-state index is 12.0. The van der Waals surface area contributed by atoms with Crippen LogP contribution in [0.15, 0.2) is 30.9 Å². The summed E-state index contributed by atoms with van der Waals surface area (Å²) in [6.45, 7) is 5.11. The molecule has 1 radical (unpaired) electrons.